The summed E-state index contributed by atoms with van der Waals surface area (Å²) in [6.07, 6.45) is 2.70. The van der Waals surface area contributed by atoms with Crippen molar-refractivity contribution >= 4 is 29.3 Å². The predicted octanol–water partition coefficient (Wildman–Crippen LogP) is 3.88. The minimum atomic E-state index is -0.729. The number of esters is 1. The molecule has 0 saturated carbocycles. The Morgan fingerprint density at radius 3 is 2.52 bits per heavy atom. The first-order valence-electron chi connectivity index (χ1n) is 6.47. The summed E-state index contributed by atoms with van der Waals surface area (Å²) in [5.74, 6) is -0.581. The molecule has 0 spiro atoms. The van der Waals surface area contributed by atoms with Gasteiger partial charge in [-0.25, -0.2) is 4.79 Å². The van der Waals surface area contributed by atoms with Crippen molar-refractivity contribution in [2.24, 2.45) is 0 Å². The van der Waals surface area contributed by atoms with Gasteiger partial charge in [0.25, 0.3) is 0 Å². The van der Waals surface area contributed by atoms with Gasteiger partial charge in [-0.15, -0.1) is 0 Å². The van der Waals surface area contributed by atoms with Crippen molar-refractivity contribution in [3.8, 4) is 11.5 Å². The molecule has 0 heterocycles. The third kappa shape index (κ3) is 4.55. The Morgan fingerprint density at radius 2 is 1.91 bits per heavy atom. The van der Waals surface area contributed by atoms with Crippen LogP contribution in [-0.2, 0) is 4.79 Å². The molecule has 0 aromatic heterocycles. The number of hydrogen-bond acceptors (Lipinski definition) is 5. The molecule has 0 aliphatic rings. The van der Waals surface area contributed by atoms with Crippen LogP contribution in [0.4, 0.5) is 5.69 Å². The standard InChI is InChI=1S/C16H12ClNO5/c1-22-13-7-8-15(14(10-13)18(20)21)23-16(19)9-4-11-2-5-12(17)6-3-11/h2-10H,1H3. The second-order valence-electron chi connectivity index (χ2n) is 4.40. The number of ether oxygens (including phenoxy) is 2. The number of halogens is 1. The van der Waals surface area contributed by atoms with Crippen LogP contribution >= 0.6 is 11.6 Å². The molecule has 0 aliphatic carbocycles. The van der Waals surface area contributed by atoms with Gasteiger partial charge in [0.05, 0.1) is 18.1 Å². The summed E-state index contributed by atoms with van der Waals surface area (Å²) in [6.45, 7) is 0. The second kappa shape index (κ2) is 7.42. The third-order valence-electron chi connectivity index (χ3n) is 2.86. The van der Waals surface area contributed by atoms with Crippen molar-refractivity contribution in [1.29, 1.82) is 0 Å². The topological polar surface area (TPSA) is 78.7 Å². The van der Waals surface area contributed by atoms with Crippen LogP contribution < -0.4 is 9.47 Å². The van der Waals surface area contributed by atoms with E-state index in [-0.39, 0.29) is 11.4 Å². The Bertz CT molecular complexity index is 756. The maximum Gasteiger partial charge on any atom is 0.336 e. The SMILES string of the molecule is COc1ccc(OC(=O)C=Cc2ccc(Cl)cc2)c([N+](=O)[O-])c1. The van der Waals surface area contributed by atoms with Crippen LogP contribution in [0.15, 0.2) is 48.5 Å². The Labute approximate surface area is 137 Å². The summed E-state index contributed by atoms with van der Waals surface area (Å²) in [4.78, 5) is 22.2. The van der Waals surface area contributed by atoms with E-state index >= 15 is 0 Å². The van der Waals surface area contributed by atoms with E-state index < -0.39 is 10.9 Å². The van der Waals surface area contributed by atoms with Gasteiger partial charge in [0.15, 0.2) is 0 Å². The first-order chi connectivity index (χ1) is 11.0. The molecule has 2 aromatic rings. The Hall–Kier alpha value is -2.86. The summed E-state index contributed by atoms with van der Waals surface area (Å²) in [6, 6.07) is 10.8. The minimum absolute atomic E-state index is 0.151. The van der Waals surface area contributed by atoms with E-state index in [1.54, 1.807) is 24.3 Å². The second-order valence-corrected chi connectivity index (χ2v) is 4.83. The molecule has 0 aliphatic heterocycles. The molecule has 0 amide bonds. The highest BCUT2D eigenvalue weighted by Gasteiger charge is 2.18. The van der Waals surface area contributed by atoms with Gasteiger partial charge in [0, 0.05) is 11.1 Å². The normalized spacial score (nSPS) is 10.5. The van der Waals surface area contributed by atoms with E-state index in [0.717, 1.165) is 5.56 Å². The van der Waals surface area contributed by atoms with E-state index in [1.165, 1.54) is 37.5 Å². The molecule has 2 rings (SSSR count). The lowest BCUT2D eigenvalue weighted by Gasteiger charge is -2.04. The summed E-state index contributed by atoms with van der Waals surface area (Å²) in [5.41, 5.74) is 0.396. The predicted molar refractivity (Wildman–Crippen MR) is 85.8 cm³/mol. The zero-order valence-corrected chi connectivity index (χ0v) is 12.8. The lowest BCUT2D eigenvalue weighted by Crippen LogP contribution is -2.06. The average molecular weight is 334 g/mol. The first-order valence-corrected chi connectivity index (χ1v) is 6.85. The summed E-state index contributed by atoms with van der Waals surface area (Å²) >= 11 is 5.76. The molecule has 0 unspecified atom stereocenters. The van der Waals surface area contributed by atoms with E-state index in [4.69, 9.17) is 21.1 Å². The van der Waals surface area contributed by atoms with Crippen molar-refractivity contribution in [3.63, 3.8) is 0 Å². The highest BCUT2D eigenvalue weighted by Crippen LogP contribution is 2.31. The van der Waals surface area contributed by atoms with Gasteiger partial charge in [-0.1, -0.05) is 23.7 Å². The van der Waals surface area contributed by atoms with Crippen LogP contribution in [0.2, 0.25) is 5.02 Å². The molecule has 6 nitrogen and oxygen atoms in total. The van der Waals surface area contributed by atoms with Gasteiger partial charge in [-0.2, -0.15) is 0 Å². The average Bonchev–Trinajstić information content (AvgIpc) is 2.54. The van der Waals surface area contributed by atoms with E-state index in [1.807, 2.05) is 0 Å². The van der Waals surface area contributed by atoms with Crippen LogP contribution in [0.5, 0.6) is 11.5 Å². The maximum absolute atomic E-state index is 11.8. The zero-order valence-electron chi connectivity index (χ0n) is 12.1. The molecule has 0 radical (unpaired) electrons. The number of nitrogens with zero attached hydrogens (tertiary/aromatic N) is 1. The summed E-state index contributed by atoms with van der Waals surface area (Å²) in [7, 11) is 1.39. The smallest absolute Gasteiger partial charge is 0.336 e. The fourth-order valence-corrected chi connectivity index (χ4v) is 1.86. The molecular weight excluding hydrogens is 322 g/mol. The quantitative estimate of drug-likeness (QED) is 0.273. The zero-order chi connectivity index (χ0) is 16.8. The van der Waals surface area contributed by atoms with Gasteiger partial charge < -0.3 is 9.47 Å². The van der Waals surface area contributed by atoms with Crippen LogP contribution in [0.25, 0.3) is 6.08 Å². The molecule has 0 saturated heterocycles. The molecule has 118 valence electrons. The molecule has 7 heteroatoms. The van der Waals surface area contributed by atoms with Crippen molar-refractivity contribution in [2.45, 2.75) is 0 Å². The summed E-state index contributed by atoms with van der Waals surface area (Å²) < 4.78 is 9.91. The van der Waals surface area contributed by atoms with Gasteiger partial charge in [-0.05, 0) is 35.9 Å². The molecule has 0 fully saturated rings. The summed E-state index contributed by atoms with van der Waals surface area (Å²) in [5, 5.41) is 11.6. The van der Waals surface area contributed by atoms with Gasteiger partial charge >= 0.3 is 11.7 Å². The van der Waals surface area contributed by atoms with Crippen LogP contribution in [0.1, 0.15) is 5.56 Å². The Kier molecular flexibility index (Phi) is 5.32. The van der Waals surface area contributed by atoms with Crippen LogP contribution in [0.3, 0.4) is 0 Å². The van der Waals surface area contributed by atoms with Gasteiger partial charge in [0.1, 0.15) is 5.75 Å². The first kappa shape index (κ1) is 16.5. The fourth-order valence-electron chi connectivity index (χ4n) is 1.73. The van der Waals surface area contributed by atoms with E-state index in [2.05, 4.69) is 0 Å². The number of carbonyl (C=O) groups excluding carboxylic acids is 1. The van der Waals surface area contributed by atoms with Crippen LogP contribution in [0, 0.1) is 10.1 Å². The number of benzene rings is 2. The van der Waals surface area contributed by atoms with Crippen molar-refractivity contribution in [1.82, 2.24) is 0 Å². The number of carbonyl (C=O) groups is 1. The molecule has 0 bridgehead atoms. The molecular formula is C16H12ClNO5. The molecule has 23 heavy (non-hydrogen) atoms. The minimum Gasteiger partial charge on any atom is -0.496 e. The maximum atomic E-state index is 11.8. The lowest BCUT2D eigenvalue weighted by molar-refractivity contribution is -0.385. The number of methoxy groups -OCH3 is 1. The van der Waals surface area contributed by atoms with E-state index in [0.29, 0.717) is 10.8 Å². The highest BCUT2D eigenvalue weighted by molar-refractivity contribution is 6.30. The van der Waals surface area contributed by atoms with Crippen molar-refractivity contribution in [3.05, 3.63) is 69.2 Å². The molecule has 2 aromatic carbocycles. The number of hydrogen-bond donors (Lipinski definition) is 0. The van der Waals surface area contributed by atoms with Gasteiger partial charge in [-0.3, -0.25) is 10.1 Å². The molecule has 0 N–H and O–H groups in total. The number of rotatable bonds is 5. The monoisotopic (exact) mass is 333 g/mol. The largest absolute Gasteiger partial charge is 0.496 e. The van der Waals surface area contributed by atoms with Crippen molar-refractivity contribution < 1.29 is 19.2 Å². The highest BCUT2D eigenvalue weighted by atomic mass is 35.5. The Morgan fingerprint density at radius 1 is 1.22 bits per heavy atom. The van der Waals surface area contributed by atoms with Crippen LogP contribution in [-0.4, -0.2) is 18.0 Å². The molecule has 0 atom stereocenters. The van der Waals surface area contributed by atoms with E-state index in [9.17, 15) is 14.9 Å². The fraction of sp³-hybridized carbons (Fsp3) is 0.0625. The van der Waals surface area contributed by atoms with Crippen molar-refractivity contribution in [2.75, 3.05) is 7.11 Å². The number of nitro benzene ring substituents is 1. The van der Waals surface area contributed by atoms with Gasteiger partial charge in [0.2, 0.25) is 5.75 Å². The Balaban J connectivity index is 2.13. The number of nitro groups is 1. The lowest BCUT2D eigenvalue weighted by atomic mass is 10.2. The third-order valence-corrected chi connectivity index (χ3v) is 3.11.